The lowest BCUT2D eigenvalue weighted by Gasteiger charge is -2.20. The van der Waals surface area contributed by atoms with E-state index in [0.29, 0.717) is 0 Å². The fraction of sp³-hybridized carbons (Fsp3) is 0.385. The minimum Gasteiger partial charge on any atom is -0.306 e. The summed E-state index contributed by atoms with van der Waals surface area (Å²) in [5.41, 5.74) is 2.16. The summed E-state index contributed by atoms with van der Waals surface area (Å²) >= 11 is 2.25. The van der Waals surface area contributed by atoms with Gasteiger partial charge in [-0.05, 0) is 55.5 Å². The maximum absolute atomic E-state index is 4.37. The van der Waals surface area contributed by atoms with E-state index in [2.05, 4.69) is 64.8 Å². The molecule has 0 spiro atoms. The minimum atomic E-state index is 0.0960. The molecule has 4 nitrogen and oxygen atoms in total. The lowest BCUT2D eigenvalue weighted by atomic mass is 10.1. The summed E-state index contributed by atoms with van der Waals surface area (Å²) in [6, 6.07) is 4.02. The van der Waals surface area contributed by atoms with Gasteiger partial charge < -0.3 is 5.32 Å². The number of aromatic nitrogens is 3. The zero-order valence-corrected chi connectivity index (χ0v) is 13.0. The third kappa shape index (κ3) is 3.78. The van der Waals surface area contributed by atoms with Gasteiger partial charge in [-0.3, -0.25) is 4.98 Å². The molecule has 0 unspecified atom stereocenters. The number of nitrogens with zero attached hydrogens (tertiary/aromatic N) is 3. The van der Waals surface area contributed by atoms with Crippen molar-refractivity contribution in [2.45, 2.75) is 32.9 Å². The van der Waals surface area contributed by atoms with Gasteiger partial charge in [0.2, 0.25) is 0 Å². The van der Waals surface area contributed by atoms with Crippen LogP contribution >= 0.6 is 22.6 Å². The predicted octanol–water partition coefficient (Wildman–Crippen LogP) is 2.76. The van der Waals surface area contributed by atoms with Crippen LogP contribution in [0.4, 0.5) is 0 Å². The van der Waals surface area contributed by atoms with Crippen molar-refractivity contribution in [1.82, 2.24) is 20.1 Å². The molecule has 0 aliphatic heterocycles. The Balaban J connectivity index is 2.15. The fourth-order valence-corrected chi connectivity index (χ4v) is 1.89. The minimum absolute atomic E-state index is 0.0960. The second kappa shape index (κ2) is 5.36. The van der Waals surface area contributed by atoms with Gasteiger partial charge in [-0.2, -0.15) is 5.10 Å². The SMILES string of the molecule is CC(C)(C)NCc1cc(-n2cc(I)cn2)ccn1. The van der Waals surface area contributed by atoms with Crippen LogP contribution in [0.1, 0.15) is 26.5 Å². The molecule has 18 heavy (non-hydrogen) atoms. The molecule has 2 aromatic rings. The van der Waals surface area contributed by atoms with Crippen molar-refractivity contribution in [3.8, 4) is 5.69 Å². The zero-order valence-electron chi connectivity index (χ0n) is 10.8. The predicted molar refractivity (Wildman–Crippen MR) is 80.7 cm³/mol. The first-order chi connectivity index (χ1) is 8.44. The molecule has 0 atom stereocenters. The lowest BCUT2D eigenvalue weighted by molar-refractivity contribution is 0.421. The average molecular weight is 356 g/mol. The first kappa shape index (κ1) is 13.5. The highest BCUT2D eigenvalue weighted by Gasteiger charge is 2.09. The summed E-state index contributed by atoms with van der Waals surface area (Å²) in [7, 11) is 0. The van der Waals surface area contributed by atoms with Crippen molar-refractivity contribution in [2.75, 3.05) is 0 Å². The molecule has 2 heterocycles. The molecule has 0 saturated heterocycles. The molecule has 0 amide bonds. The van der Waals surface area contributed by atoms with Gasteiger partial charge in [-0.1, -0.05) is 0 Å². The highest BCUT2D eigenvalue weighted by atomic mass is 127. The molecule has 0 aliphatic rings. The normalized spacial score (nSPS) is 11.8. The monoisotopic (exact) mass is 356 g/mol. The van der Waals surface area contributed by atoms with Gasteiger partial charge >= 0.3 is 0 Å². The molecular weight excluding hydrogens is 339 g/mol. The summed E-state index contributed by atoms with van der Waals surface area (Å²) in [5, 5.41) is 7.73. The van der Waals surface area contributed by atoms with E-state index in [1.54, 1.807) is 0 Å². The van der Waals surface area contributed by atoms with Gasteiger partial charge in [0.15, 0.2) is 0 Å². The highest BCUT2D eigenvalue weighted by Crippen LogP contribution is 2.11. The number of pyridine rings is 1. The van der Waals surface area contributed by atoms with Gasteiger partial charge in [-0.15, -0.1) is 0 Å². The Morgan fingerprint density at radius 3 is 2.78 bits per heavy atom. The van der Waals surface area contributed by atoms with Crippen LogP contribution in [-0.2, 0) is 6.54 Å². The quantitative estimate of drug-likeness (QED) is 0.860. The van der Waals surface area contributed by atoms with Crippen molar-refractivity contribution in [3.63, 3.8) is 0 Å². The van der Waals surface area contributed by atoms with E-state index in [4.69, 9.17) is 0 Å². The van der Waals surface area contributed by atoms with Crippen LogP contribution in [-0.4, -0.2) is 20.3 Å². The third-order valence-corrected chi connectivity index (χ3v) is 2.97. The van der Waals surface area contributed by atoms with Gasteiger partial charge in [0.1, 0.15) is 0 Å². The number of hydrogen-bond acceptors (Lipinski definition) is 3. The largest absolute Gasteiger partial charge is 0.306 e. The zero-order chi connectivity index (χ0) is 13.2. The molecule has 0 radical (unpaired) electrons. The van der Waals surface area contributed by atoms with Crippen LogP contribution in [0.5, 0.6) is 0 Å². The van der Waals surface area contributed by atoms with E-state index < -0.39 is 0 Å². The first-order valence-electron chi connectivity index (χ1n) is 5.84. The maximum atomic E-state index is 4.37. The molecule has 0 bridgehead atoms. The topological polar surface area (TPSA) is 42.7 Å². The molecule has 0 saturated carbocycles. The summed E-state index contributed by atoms with van der Waals surface area (Å²) in [5.74, 6) is 0. The Labute approximate surface area is 121 Å². The van der Waals surface area contributed by atoms with Gasteiger partial charge in [-0.25, -0.2) is 4.68 Å². The van der Waals surface area contributed by atoms with Crippen LogP contribution in [0.25, 0.3) is 5.69 Å². The summed E-state index contributed by atoms with van der Waals surface area (Å²) in [6.07, 6.45) is 5.66. The Bertz CT molecular complexity index is 528. The molecule has 5 heteroatoms. The molecular formula is C13H17IN4. The molecule has 0 aromatic carbocycles. The molecule has 96 valence electrons. The Kier molecular flexibility index (Phi) is 4.01. The molecule has 0 aliphatic carbocycles. The Morgan fingerprint density at radius 1 is 1.39 bits per heavy atom. The summed E-state index contributed by atoms with van der Waals surface area (Å²) < 4.78 is 2.99. The maximum Gasteiger partial charge on any atom is 0.0679 e. The summed E-state index contributed by atoms with van der Waals surface area (Å²) in [6.45, 7) is 7.20. The van der Waals surface area contributed by atoms with E-state index in [1.807, 2.05) is 29.3 Å². The van der Waals surface area contributed by atoms with Crippen LogP contribution < -0.4 is 5.32 Å². The van der Waals surface area contributed by atoms with Gasteiger partial charge in [0.05, 0.1) is 21.1 Å². The number of nitrogens with one attached hydrogen (secondary N) is 1. The average Bonchev–Trinajstić information content (AvgIpc) is 2.73. The molecule has 2 rings (SSSR count). The summed E-state index contributed by atoms with van der Waals surface area (Å²) in [4.78, 5) is 4.37. The number of rotatable bonds is 3. The second-order valence-electron chi connectivity index (χ2n) is 5.21. The highest BCUT2D eigenvalue weighted by molar-refractivity contribution is 14.1. The smallest absolute Gasteiger partial charge is 0.0679 e. The van der Waals surface area contributed by atoms with Crippen LogP contribution in [0.2, 0.25) is 0 Å². The van der Waals surface area contributed by atoms with Crippen LogP contribution in [0.15, 0.2) is 30.7 Å². The van der Waals surface area contributed by atoms with Crippen LogP contribution in [0.3, 0.4) is 0 Å². The van der Waals surface area contributed by atoms with Crippen molar-refractivity contribution in [1.29, 1.82) is 0 Å². The molecule has 2 aromatic heterocycles. The van der Waals surface area contributed by atoms with E-state index >= 15 is 0 Å². The second-order valence-corrected chi connectivity index (χ2v) is 6.46. The Morgan fingerprint density at radius 2 is 2.17 bits per heavy atom. The standard InChI is InChI=1S/C13H17IN4/c1-13(2,3)16-8-11-6-12(4-5-15-11)18-9-10(14)7-17-18/h4-7,9,16H,8H2,1-3H3. The van der Waals surface area contributed by atoms with Crippen LogP contribution in [0, 0.1) is 3.57 Å². The molecule has 1 N–H and O–H groups in total. The number of hydrogen-bond donors (Lipinski definition) is 1. The fourth-order valence-electron chi connectivity index (χ4n) is 1.50. The van der Waals surface area contributed by atoms with Crippen molar-refractivity contribution in [3.05, 3.63) is 40.0 Å². The van der Waals surface area contributed by atoms with E-state index in [-0.39, 0.29) is 5.54 Å². The lowest BCUT2D eigenvalue weighted by Crippen LogP contribution is -2.35. The van der Waals surface area contributed by atoms with Crippen molar-refractivity contribution in [2.24, 2.45) is 0 Å². The van der Waals surface area contributed by atoms with Gasteiger partial charge in [0, 0.05) is 24.5 Å². The van der Waals surface area contributed by atoms with Crippen molar-refractivity contribution >= 4 is 22.6 Å². The Hall–Kier alpha value is -0.950. The van der Waals surface area contributed by atoms with E-state index in [0.717, 1.165) is 21.5 Å². The van der Waals surface area contributed by atoms with E-state index in [9.17, 15) is 0 Å². The first-order valence-corrected chi connectivity index (χ1v) is 6.92. The third-order valence-electron chi connectivity index (χ3n) is 2.42. The number of halogens is 1. The van der Waals surface area contributed by atoms with Crippen molar-refractivity contribution < 1.29 is 0 Å². The molecule has 0 fully saturated rings. The van der Waals surface area contributed by atoms with Gasteiger partial charge in [0.25, 0.3) is 0 Å². The van der Waals surface area contributed by atoms with E-state index in [1.165, 1.54) is 0 Å².